The summed E-state index contributed by atoms with van der Waals surface area (Å²) in [7, 11) is 0. The van der Waals surface area contributed by atoms with Crippen LogP contribution in [0.1, 0.15) is 52.4 Å². The lowest BCUT2D eigenvalue weighted by molar-refractivity contribution is -0.144. The summed E-state index contributed by atoms with van der Waals surface area (Å²) in [5.41, 5.74) is 8.63. The topological polar surface area (TPSA) is 76.7 Å². The first kappa shape index (κ1) is 15.9. The molecule has 0 radical (unpaired) electrons. The maximum atomic E-state index is 11.7. The molecule has 0 spiro atoms. The number of rotatable bonds is 7. The molecule has 0 amide bonds. The van der Waals surface area contributed by atoms with Crippen LogP contribution in [-0.2, 0) is 9.53 Å². The Morgan fingerprint density at radius 1 is 1.58 bits per heavy atom. The highest BCUT2D eigenvalue weighted by molar-refractivity contribution is 7.80. The smallest absolute Gasteiger partial charge is 0.309 e. The first-order chi connectivity index (χ1) is 9.02. The zero-order valence-electron chi connectivity index (χ0n) is 11.6. The van der Waals surface area contributed by atoms with Gasteiger partial charge in [0.15, 0.2) is 5.11 Å². The zero-order chi connectivity index (χ0) is 14.3. The van der Waals surface area contributed by atoms with E-state index < -0.39 is 0 Å². The van der Waals surface area contributed by atoms with Gasteiger partial charge in [0.1, 0.15) is 6.10 Å². The largest absolute Gasteiger partial charge is 0.462 e. The SMILES string of the molecule is CCCCC[C@@H]1C[C@@H](C/C(C)=N/NC(N)=S)C(=O)O1. The van der Waals surface area contributed by atoms with Crippen LogP contribution in [0.15, 0.2) is 5.10 Å². The molecule has 0 saturated carbocycles. The predicted molar refractivity (Wildman–Crippen MR) is 79.8 cm³/mol. The highest BCUT2D eigenvalue weighted by Gasteiger charge is 2.34. The number of thiocarbonyl (C=S) groups is 1. The number of nitrogens with one attached hydrogen (secondary N) is 1. The minimum absolute atomic E-state index is 0.0801. The Morgan fingerprint density at radius 2 is 2.32 bits per heavy atom. The molecule has 5 nitrogen and oxygen atoms in total. The maximum Gasteiger partial charge on any atom is 0.309 e. The standard InChI is InChI=1S/C13H23N3O2S/c1-3-4-5-6-11-8-10(12(17)18-11)7-9(2)15-16-13(14)19/h10-11H,3-8H2,1-2H3,(H3,14,16,19)/b15-9+/t10-,11-/m1/s1. The van der Waals surface area contributed by atoms with Crippen LogP contribution in [0.25, 0.3) is 0 Å². The van der Waals surface area contributed by atoms with Gasteiger partial charge in [0, 0.05) is 12.1 Å². The minimum Gasteiger partial charge on any atom is -0.462 e. The Morgan fingerprint density at radius 3 is 2.95 bits per heavy atom. The van der Waals surface area contributed by atoms with Crippen molar-refractivity contribution in [1.82, 2.24) is 5.43 Å². The number of cyclic esters (lactones) is 1. The average Bonchev–Trinajstić information content (AvgIpc) is 2.68. The van der Waals surface area contributed by atoms with Crippen molar-refractivity contribution < 1.29 is 9.53 Å². The van der Waals surface area contributed by atoms with E-state index in [2.05, 4.69) is 29.7 Å². The van der Waals surface area contributed by atoms with Gasteiger partial charge in [-0.1, -0.05) is 19.8 Å². The molecule has 0 unspecified atom stereocenters. The van der Waals surface area contributed by atoms with Crippen molar-refractivity contribution >= 4 is 29.0 Å². The van der Waals surface area contributed by atoms with E-state index in [4.69, 9.17) is 10.5 Å². The van der Waals surface area contributed by atoms with Crippen LogP contribution in [0, 0.1) is 5.92 Å². The van der Waals surface area contributed by atoms with E-state index in [1.807, 2.05) is 6.92 Å². The van der Waals surface area contributed by atoms with Crippen LogP contribution < -0.4 is 11.2 Å². The molecule has 0 aromatic rings. The second-order valence-electron chi connectivity index (χ2n) is 5.01. The van der Waals surface area contributed by atoms with Crippen molar-refractivity contribution in [1.29, 1.82) is 0 Å². The molecule has 1 aliphatic heterocycles. The molecule has 0 aromatic carbocycles. The molecule has 1 saturated heterocycles. The van der Waals surface area contributed by atoms with Gasteiger partial charge in [0.25, 0.3) is 0 Å². The van der Waals surface area contributed by atoms with Gasteiger partial charge in [0.05, 0.1) is 5.92 Å². The molecule has 3 N–H and O–H groups in total. The van der Waals surface area contributed by atoms with Crippen LogP contribution in [-0.4, -0.2) is 22.9 Å². The molecular weight excluding hydrogens is 262 g/mol. The second kappa shape index (κ2) is 8.09. The lowest BCUT2D eigenvalue weighted by Crippen LogP contribution is -2.25. The third-order valence-corrected chi connectivity index (χ3v) is 3.28. The molecule has 1 heterocycles. The summed E-state index contributed by atoms with van der Waals surface area (Å²) in [6, 6.07) is 0. The normalized spacial score (nSPS) is 23.3. The molecule has 0 aromatic heterocycles. The summed E-state index contributed by atoms with van der Waals surface area (Å²) in [4.78, 5) is 11.7. The van der Waals surface area contributed by atoms with Crippen molar-refractivity contribution in [2.24, 2.45) is 16.8 Å². The lowest BCUT2D eigenvalue weighted by atomic mass is 9.97. The minimum atomic E-state index is -0.105. The number of carbonyl (C=O) groups excluding carboxylic acids is 1. The molecule has 0 aliphatic carbocycles. The number of nitrogens with two attached hydrogens (primary N) is 1. The van der Waals surface area contributed by atoms with Crippen LogP contribution in [0.4, 0.5) is 0 Å². The summed E-state index contributed by atoms with van der Waals surface area (Å²) < 4.78 is 5.38. The molecule has 1 fully saturated rings. The summed E-state index contributed by atoms with van der Waals surface area (Å²) >= 11 is 4.67. The van der Waals surface area contributed by atoms with E-state index in [0.717, 1.165) is 25.0 Å². The van der Waals surface area contributed by atoms with E-state index >= 15 is 0 Å². The third kappa shape index (κ3) is 6.00. The summed E-state index contributed by atoms with van der Waals surface area (Å²) in [5.74, 6) is -0.185. The Kier molecular flexibility index (Phi) is 6.77. The third-order valence-electron chi connectivity index (χ3n) is 3.19. The van der Waals surface area contributed by atoms with E-state index in [1.165, 1.54) is 12.8 Å². The van der Waals surface area contributed by atoms with Gasteiger partial charge in [-0.25, -0.2) is 0 Å². The van der Waals surface area contributed by atoms with Crippen LogP contribution >= 0.6 is 12.2 Å². The Balaban J connectivity index is 2.36. The highest BCUT2D eigenvalue weighted by Crippen LogP contribution is 2.27. The number of nitrogens with zero attached hydrogens (tertiary/aromatic N) is 1. The molecular formula is C13H23N3O2S. The van der Waals surface area contributed by atoms with Gasteiger partial charge in [-0.2, -0.15) is 5.10 Å². The summed E-state index contributed by atoms with van der Waals surface area (Å²) in [6.45, 7) is 4.02. The lowest BCUT2D eigenvalue weighted by Gasteiger charge is -2.07. The van der Waals surface area contributed by atoms with Crippen molar-refractivity contribution in [2.75, 3.05) is 0 Å². The van der Waals surface area contributed by atoms with E-state index in [0.29, 0.717) is 6.42 Å². The molecule has 2 atom stereocenters. The fraction of sp³-hybridized carbons (Fsp3) is 0.769. The fourth-order valence-electron chi connectivity index (χ4n) is 2.24. The van der Waals surface area contributed by atoms with Crippen molar-refractivity contribution in [3.63, 3.8) is 0 Å². The van der Waals surface area contributed by atoms with E-state index in [-0.39, 0.29) is 23.1 Å². The Bertz CT molecular complexity index is 358. The van der Waals surface area contributed by atoms with Crippen molar-refractivity contribution in [3.8, 4) is 0 Å². The predicted octanol–water partition coefficient (Wildman–Crippen LogP) is 2.10. The fourth-order valence-corrected chi connectivity index (χ4v) is 2.29. The molecule has 6 heteroatoms. The number of hydrogen-bond acceptors (Lipinski definition) is 4. The first-order valence-electron chi connectivity index (χ1n) is 6.82. The quantitative estimate of drug-likeness (QED) is 0.246. The number of carbonyl (C=O) groups is 1. The first-order valence-corrected chi connectivity index (χ1v) is 7.22. The zero-order valence-corrected chi connectivity index (χ0v) is 12.5. The van der Waals surface area contributed by atoms with Crippen LogP contribution in [0.5, 0.6) is 0 Å². The van der Waals surface area contributed by atoms with Crippen molar-refractivity contribution in [2.45, 2.75) is 58.5 Å². The van der Waals surface area contributed by atoms with Crippen molar-refractivity contribution in [3.05, 3.63) is 0 Å². The second-order valence-corrected chi connectivity index (χ2v) is 5.45. The van der Waals surface area contributed by atoms with Crippen LogP contribution in [0.2, 0.25) is 0 Å². The number of hydrazone groups is 1. The number of unbranched alkanes of at least 4 members (excludes halogenated alkanes) is 2. The summed E-state index contributed by atoms with van der Waals surface area (Å²) in [5, 5.41) is 4.15. The Labute approximate surface area is 120 Å². The van der Waals surface area contributed by atoms with Gasteiger partial charge in [0.2, 0.25) is 0 Å². The van der Waals surface area contributed by atoms with E-state index in [9.17, 15) is 4.79 Å². The Hall–Kier alpha value is -1.17. The number of hydrogen-bond donors (Lipinski definition) is 2. The molecule has 108 valence electrons. The van der Waals surface area contributed by atoms with E-state index in [1.54, 1.807) is 0 Å². The number of ether oxygens (including phenoxy) is 1. The van der Waals surface area contributed by atoms with Gasteiger partial charge < -0.3 is 10.5 Å². The average molecular weight is 285 g/mol. The monoisotopic (exact) mass is 285 g/mol. The maximum absolute atomic E-state index is 11.7. The van der Waals surface area contributed by atoms with Gasteiger partial charge in [-0.3, -0.25) is 10.2 Å². The summed E-state index contributed by atoms with van der Waals surface area (Å²) in [6.07, 6.45) is 5.94. The van der Waals surface area contributed by atoms with Gasteiger partial charge in [-0.15, -0.1) is 0 Å². The van der Waals surface area contributed by atoms with Gasteiger partial charge in [-0.05, 0) is 38.4 Å². The number of esters is 1. The highest BCUT2D eigenvalue weighted by atomic mass is 32.1. The van der Waals surface area contributed by atoms with Crippen LogP contribution in [0.3, 0.4) is 0 Å². The molecule has 0 bridgehead atoms. The van der Waals surface area contributed by atoms with Gasteiger partial charge >= 0.3 is 5.97 Å². The molecule has 1 rings (SSSR count). The molecule has 1 aliphatic rings. The molecule has 19 heavy (non-hydrogen) atoms.